The molecule has 4 fully saturated rings. The third kappa shape index (κ3) is 5.31. The topological polar surface area (TPSA) is 9.86 Å². The summed E-state index contributed by atoms with van der Waals surface area (Å²) in [5.41, 5.74) is 21.9. The van der Waals surface area contributed by atoms with Crippen LogP contribution in [0.15, 0.2) is 231 Å². The molecule has 3 heterocycles. The number of hydrogen-bond acceptors (Lipinski definition) is 1. The summed E-state index contributed by atoms with van der Waals surface area (Å²) in [6, 6.07) is 88.0. The molecule has 5 aliphatic rings. The van der Waals surface area contributed by atoms with E-state index in [4.69, 9.17) is 0 Å². The van der Waals surface area contributed by atoms with Crippen LogP contribution >= 0.6 is 11.3 Å². The van der Waals surface area contributed by atoms with Crippen LogP contribution in [0.3, 0.4) is 0 Å². The third-order valence-corrected chi connectivity index (χ3v) is 21.7. The van der Waals surface area contributed by atoms with E-state index in [0.29, 0.717) is 5.41 Å². The molecule has 362 valence electrons. The van der Waals surface area contributed by atoms with Crippen LogP contribution in [0.4, 0.5) is 0 Å². The second-order valence-electron chi connectivity index (χ2n) is 23.6. The summed E-state index contributed by atoms with van der Waals surface area (Å²) in [6.07, 6.45) is 5.84. The Labute approximate surface area is 450 Å². The predicted molar refractivity (Wildman–Crippen MR) is 323 cm³/mol. The lowest BCUT2D eigenvalue weighted by atomic mass is 9.55. The van der Waals surface area contributed by atoms with Crippen LogP contribution in [-0.4, -0.2) is 9.13 Å². The van der Waals surface area contributed by atoms with Crippen molar-refractivity contribution in [1.29, 1.82) is 0 Å². The van der Waals surface area contributed by atoms with E-state index in [9.17, 15) is 0 Å². The lowest BCUT2D eigenvalue weighted by Crippen LogP contribution is -2.45. The standard InChI is InChI=1S/C74H50N2S/c1-5-18-62-53(11-1)54-31-27-45(35-63(54)74(62)48-38-49-41-73(49)42-65(74)64(73)39-48)43-23-25-44(26-24-43)51-15-9-17-55-52(51)16-10-21-68(55)76-67-20-7-3-13-57(67)59-33-29-47(37-70(59)76)46-28-32-58-56-12-2-6-19-66(56)75(69(58)36-46)50-30-34-61-60-14-4-8-22-71(60)77-72(61)40-50/h1-37,40,48-49,64-65H,38-39,41-42H2. The molecule has 6 atom stereocenters. The molecule has 2 nitrogen and oxygen atoms in total. The van der Waals surface area contributed by atoms with E-state index in [2.05, 4.69) is 240 Å². The van der Waals surface area contributed by atoms with Crippen LogP contribution in [0, 0.1) is 29.1 Å². The van der Waals surface area contributed by atoms with Crippen molar-refractivity contribution in [3.63, 3.8) is 0 Å². The van der Waals surface area contributed by atoms with Crippen molar-refractivity contribution in [2.45, 2.75) is 31.1 Å². The first-order valence-electron chi connectivity index (χ1n) is 28.0. The minimum atomic E-state index is 0.192. The largest absolute Gasteiger partial charge is 0.309 e. The summed E-state index contributed by atoms with van der Waals surface area (Å²) in [5.74, 6) is 3.50. The van der Waals surface area contributed by atoms with Crippen LogP contribution < -0.4 is 0 Å². The summed E-state index contributed by atoms with van der Waals surface area (Å²) >= 11 is 1.88. The van der Waals surface area contributed by atoms with Gasteiger partial charge in [-0.2, -0.15) is 0 Å². The first-order chi connectivity index (χ1) is 38.1. The molecule has 4 saturated carbocycles. The molecule has 0 saturated heterocycles. The fourth-order valence-corrected chi connectivity index (χ4v) is 18.4. The molecule has 0 aliphatic heterocycles. The lowest BCUT2D eigenvalue weighted by molar-refractivity contribution is 0.0381. The highest BCUT2D eigenvalue weighted by atomic mass is 32.1. The maximum absolute atomic E-state index is 2.63. The monoisotopic (exact) mass is 998 g/mol. The number of thiophene rings is 1. The van der Waals surface area contributed by atoms with E-state index in [1.165, 1.54) is 156 Å². The summed E-state index contributed by atoms with van der Waals surface area (Å²) < 4.78 is 7.62. The zero-order chi connectivity index (χ0) is 49.9. The minimum Gasteiger partial charge on any atom is -0.309 e. The number of fused-ring (bicyclic) bond motifs is 18. The Hall–Kier alpha value is -8.50. The molecule has 2 bridgehead atoms. The number of hydrogen-bond donors (Lipinski definition) is 0. The van der Waals surface area contributed by atoms with Gasteiger partial charge >= 0.3 is 0 Å². The maximum atomic E-state index is 2.63. The summed E-state index contributed by atoms with van der Waals surface area (Å²) in [5, 5.41) is 10.2. The van der Waals surface area contributed by atoms with Gasteiger partial charge in [0.1, 0.15) is 0 Å². The van der Waals surface area contributed by atoms with E-state index >= 15 is 0 Å². The summed E-state index contributed by atoms with van der Waals surface area (Å²) in [6.45, 7) is 0. The summed E-state index contributed by atoms with van der Waals surface area (Å²) in [4.78, 5) is 0. The van der Waals surface area contributed by atoms with E-state index in [1.807, 2.05) is 11.3 Å². The van der Waals surface area contributed by atoms with E-state index in [-0.39, 0.29) is 5.41 Å². The van der Waals surface area contributed by atoms with Crippen LogP contribution in [0.2, 0.25) is 0 Å². The quantitative estimate of drug-likeness (QED) is 0.163. The fraction of sp³-hybridized carbons (Fsp3) is 0.135. The number of nitrogens with zero attached hydrogens (tertiary/aromatic N) is 2. The molecule has 77 heavy (non-hydrogen) atoms. The first-order valence-corrected chi connectivity index (χ1v) is 28.8. The SMILES string of the molecule is c1ccc2c(c1)-c1ccc(-c3ccc(-c4cccc5c(-n6c7ccccc7c7ccc(-c8ccc9c%10ccccc%10n(-c%10ccc%11c(c%10)sc%10ccccc%10%11)c9c8)cc76)cccc45)cc3)cc1C21C2CC3CC34CC1C4C2. The Balaban J connectivity index is 0.714. The Morgan fingerprint density at radius 2 is 0.922 bits per heavy atom. The van der Waals surface area contributed by atoms with Crippen molar-refractivity contribution < 1.29 is 0 Å². The van der Waals surface area contributed by atoms with Crippen molar-refractivity contribution in [3.8, 4) is 55.9 Å². The third-order valence-electron chi connectivity index (χ3n) is 20.5. The highest BCUT2D eigenvalue weighted by molar-refractivity contribution is 7.25. The smallest absolute Gasteiger partial charge is 0.0547 e. The van der Waals surface area contributed by atoms with Crippen molar-refractivity contribution in [2.24, 2.45) is 29.1 Å². The van der Waals surface area contributed by atoms with E-state index in [1.54, 1.807) is 11.1 Å². The predicted octanol–water partition coefficient (Wildman–Crippen LogP) is 19.7. The average Bonchev–Trinajstić information content (AvgIpc) is 3.19. The number of aromatic nitrogens is 2. The second-order valence-corrected chi connectivity index (χ2v) is 24.7. The molecule has 2 spiro atoms. The van der Waals surface area contributed by atoms with Gasteiger partial charge < -0.3 is 9.13 Å². The molecule has 0 radical (unpaired) electrons. The molecule has 5 aliphatic carbocycles. The summed E-state index contributed by atoms with van der Waals surface area (Å²) in [7, 11) is 0. The Bertz CT molecular complexity index is 4920. The molecule has 3 heteroatoms. The normalized spacial score (nSPS) is 22.4. The van der Waals surface area contributed by atoms with E-state index < -0.39 is 0 Å². The number of para-hydroxylation sites is 2. The molecule has 0 amide bonds. The van der Waals surface area contributed by atoms with Gasteiger partial charge in [0.25, 0.3) is 0 Å². The van der Waals surface area contributed by atoms with Crippen molar-refractivity contribution in [3.05, 3.63) is 242 Å². The molecule has 3 aromatic heterocycles. The van der Waals surface area contributed by atoms with Gasteiger partial charge in [0.05, 0.1) is 27.8 Å². The Morgan fingerprint density at radius 1 is 0.338 bits per heavy atom. The molecular weight excluding hydrogens is 949 g/mol. The minimum absolute atomic E-state index is 0.192. The maximum Gasteiger partial charge on any atom is 0.0547 e. The highest BCUT2D eigenvalue weighted by Crippen LogP contribution is 2.87. The Morgan fingerprint density at radius 3 is 1.75 bits per heavy atom. The van der Waals surface area contributed by atoms with Crippen LogP contribution in [-0.2, 0) is 5.41 Å². The van der Waals surface area contributed by atoms with Gasteiger partial charge in [0.15, 0.2) is 0 Å². The second kappa shape index (κ2) is 14.7. The van der Waals surface area contributed by atoms with Gasteiger partial charge in [0, 0.05) is 58.2 Å². The highest BCUT2D eigenvalue weighted by Gasteiger charge is 2.80. The zero-order valence-corrected chi connectivity index (χ0v) is 43.2. The van der Waals surface area contributed by atoms with Crippen molar-refractivity contribution in [1.82, 2.24) is 9.13 Å². The van der Waals surface area contributed by atoms with Crippen LogP contribution in [0.1, 0.15) is 36.8 Å². The molecule has 0 N–H and O–H groups in total. The van der Waals surface area contributed by atoms with Gasteiger partial charge in [-0.05, 0) is 170 Å². The molecule has 19 rings (SSSR count). The Kier molecular flexibility index (Phi) is 7.96. The van der Waals surface area contributed by atoms with Crippen molar-refractivity contribution in [2.75, 3.05) is 0 Å². The molecule has 11 aromatic carbocycles. The fourth-order valence-electron chi connectivity index (χ4n) is 17.3. The van der Waals surface area contributed by atoms with Crippen molar-refractivity contribution >= 4 is 85.9 Å². The van der Waals surface area contributed by atoms with Gasteiger partial charge in [-0.25, -0.2) is 0 Å². The number of rotatable bonds is 5. The van der Waals surface area contributed by atoms with Gasteiger partial charge in [0.2, 0.25) is 0 Å². The van der Waals surface area contributed by atoms with Crippen LogP contribution in [0.25, 0.3) is 130 Å². The molecule has 14 aromatic rings. The van der Waals surface area contributed by atoms with Gasteiger partial charge in [-0.1, -0.05) is 176 Å². The van der Waals surface area contributed by atoms with Gasteiger partial charge in [-0.3, -0.25) is 0 Å². The zero-order valence-electron chi connectivity index (χ0n) is 42.4. The van der Waals surface area contributed by atoms with Crippen LogP contribution in [0.5, 0.6) is 0 Å². The lowest BCUT2D eigenvalue weighted by Gasteiger charge is -2.49. The average molecular weight is 999 g/mol. The van der Waals surface area contributed by atoms with Gasteiger partial charge in [-0.15, -0.1) is 11.3 Å². The molecule has 6 unspecified atom stereocenters. The van der Waals surface area contributed by atoms with E-state index in [0.717, 1.165) is 23.7 Å². The first kappa shape index (κ1) is 41.7. The number of benzene rings is 11. The molecular formula is C74H50N2S.